The molecule has 0 heterocycles. The van der Waals surface area contributed by atoms with Crippen LogP contribution in [0, 0.1) is 0 Å². The van der Waals surface area contributed by atoms with Crippen molar-refractivity contribution in [3.63, 3.8) is 0 Å². The predicted octanol–water partition coefficient (Wildman–Crippen LogP) is 3.96. The van der Waals surface area contributed by atoms with Gasteiger partial charge in [0.1, 0.15) is 0 Å². The highest BCUT2D eigenvalue weighted by atomic mass is 79.9. The van der Waals surface area contributed by atoms with Gasteiger partial charge >= 0.3 is 0 Å². The zero-order valence-electron chi connectivity index (χ0n) is 11.5. The van der Waals surface area contributed by atoms with E-state index in [2.05, 4.69) is 21.2 Å². The van der Waals surface area contributed by atoms with Gasteiger partial charge in [0.2, 0.25) is 5.91 Å². The Morgan fingerprint density at radius 1 is 1.35 bits per heavy atom. The van der Waals surface area contributed by atoms with Crippen molar-refractivity contribution >= 4 is 39.3 Å². The van der Waals surface area contributed by atoms with Crippen LogP contribution in [0.1, 0.15) is 38.5 Å². The van der Waals surface area contributed by atoms with Crippen LogP contribution in [0.3, 0.4) is 0 Å². The lowest BCUT2D eigenvalue weighted by Crippen LogP contribution is -2.36. The van der Waals surface area contributed by atoms with Gasteiger partial charge in [0.15, 0.2) is 0 Å². The second-order valence-electron chi connectivity index (χ2n) is 5.18. The molecule has 0 radical (unpaired) electrons. The first kappa shape index (κ1) is 15.7. The fourth-order valence-electron chi connectivity index (χ4n) is 2.45. The molecule has 20 heavy (non-hydrogen) atoms. The molecule has 3 nitrogen and oxygen atoms in total. The average Bonchev–Trinajstić information content (AvgIpc) is 2.42. The van der Waals surface area contributed by atoms with Gasteiger partial charge in [-0.05, 0) is 31.0 Å². The molecule has 3 N–H and O–H groups in total. The third-order valence-corrected chi connectivity index (χ3v) is 5.11. The van der Waals surface area contributed by atoms with E-state index in [0.717, 1.165) is 33.7 Å². The molecule has 0 bridgehead atoms. The van der Waals surface area contributed by atoms with Gasteiger partial charge in [0.05, 0.1) is 0 Å². The Hall–Kier alpha value is -0.680. The van der Waals surface area contributed by atoms with Gasteiger partial charge in [-0.2, -0.15) is 0 Å². The summed E-state index contributed by atoms with van der Waals surface area (Å²) in [7, 11) is 0. The molecule has 0 atom stereocenters. The summed E-state index contributed by atoms with van der Waals surface area (Å²) < 4.78 is 0.981. The van der Waals surface area contributed by atoms with Gasteiger partial charge < -0.3 is 11.1 Å². The Balaban J connectivity index is 1.70. The van der Waals surface area contributed by atoms with Crippen LogP contribution in [0.25, 0.3) is 0 Å². The maximum absolute atomic E-state index is 11.9. The van der Waals surface area contributed by atoms with Gasteiger partial charge in [-0.25, -0.2) is 0 Å². The first-order valence-corrected chi connectivity index (χ1v) is 8.90. The Kier molecular flexibility index (Phi) is 6.23. The number of carbonyl (C=O) groups is 1. The summed E-state index contributed by atoms with van der Waals surface area (Å²) in [6.45, 7) is 0. The minimum absolute atomic E-state index is 0.167. The standard InChI is InChI=1S/C15H21BrN2OS/c16-11-6-7-14(13(17)10-11)20-9-8-15(19)18-12-4-2-1-3-5-12/h6-7,10,12H,1-5,8-9,17H2,(H,18,19). The molecule has 0 aliphatic heterocycles. The number of amides is 1. The van der Waals surface area contributed by atoms with Crippen LogP contribution in [-0.2, 0) is 4.79 Å². The number of nitrogen functional groups attached to an aromatic ring is 1. The molecule has 110 valence electrons. The van der Waals surface area contributed by atoms with Crippen molar-refractivity contribution in [1.82, 2.24) is 5.32 Å². The van der Waals surface area contributed by atoms with E-state index in [9.17, 15) is 4.79 Å². The third kappa shape index (κ3) is 5.02. The molecule has 0 unspecified atom stereocenters. The number of nitrogens with two attached hydrogens (primary N) is 1. The average molecular weight is 357 g/mol. The van der Waals surface area contributed by atoms with E-state index in [1.807, 2.05) is 18.2 Å². The summed E-state index contributed by atoms with van der Waals surface area (Å²) in [5.74, 6) is 0.935. The molecule has 1 aromatic carbocycles. The van der Waals surface area contributed by atoms with Crippen LogP contribution in [-0.4, -0.2) is 17.7 Å². The van der Waals surface area contributed by atoms with Crippen LogP contribution in [0.4, 0.5) is 5.69 Å². The van der Waals surface area contributed by atoms with E-state index in [-0.39, 0.29) is 5.91 Å². The Labute approximate surface area is 133 Å². The number of benzene rings is 1. The van der Waals surface area contributed by atoms with Crippen molar-refractivity contribution in [3.8, 4) is 0 Å². The van der Waals surface area contributed by atoms with E-state index in [0.29, 0.717) is 12.5 Å². The molecule has 1 aliphatic carbocycles. The van der Waals surface area contributed by atoms with Crippen LogP contribution in [0.5, 0.6) is 0 Å². The molecule has 2 rings (SSSR count). The van der Waals surface area contributed by atoms with E-state index >= 15 is 0 Å². The normalized spacial score (nSPS) is 16.1. The lowest BCUT2D eigenvalue weighted by Gasteiger charge is -2.22. The molecule has 0 aromatic heterocycles. The molecule has 1 saturated carbocycles. The monoisotopic (exact) mass is 356 g/mol. The molecule has 0 saturated heterocycles. The highest BCUT2D eigenvalue weighted by Gasteiger charge is 2.15. The molecule has 1 amide bonds. The number of rotatable bonds is 5. The smallest absolute Gasteiger partial charge is 0.221 e. The van der Waals surface area contributed by atoms with Crippen LogP contribution >= 0.6 is 27.7 Å². The second kappa shape index (κ2) is 7.93. The number of hydrogen-bond acceptors (Lipinski definition) is 3. The van der Waals surface area contributed by atoms with Crippen molar-refractivity contribution in [3.05, 3.63) is 22.7 Å². The highest BCUT2D eigenvalue weighted by molar-refractivity contribution is 9.10. The first-order chi connectivity index (χ1) is 9.65. The summed E-state index contributed by atoms with van der Waals surface area (Å²) in [6, 6.07) is 6.26. The zero-order chi connectivity index (χ0) is 14.4. The van der Waals surface area contributed by atoms with Gasteiger partial charge in [0, 0.05) is 33.3 Å². The van der Waals surface area contributed by atoms with Crippen molar-refractivity contribution in [2.45, 2.75) is 49.5 Å². The Morgan fingerprint density at radius 2 is 2.10 bits per heavy atom. The van der Waals surface area contributed by atoms with Crippen molar-refractivity contribution < 1.29 is 4.79 Å². The van der Waals surface area contributed by atoms with E-state index in [4.69, 9.17) is 5.73 Å². The van der Waals surface area contributed by atoms with Crippen LogP contribution in [0.15, 0.2) is 27.6 Å². The summed E-state index contributed by atoms with van der Waals surface area (Å²) >= 11 is 5.03. The topological polar surface area (TPSA) is 55.1 Å². The Bertz CT molecular complexity index is 461. The molecular weight excluding hydrogens is 336 g/mol. The van der Waals surface area contributed by atoms with Crippen molar-refractivity contribution in [2.24, 2.45) is 0 Å². The van der Waals surface area contributed by atoms with E-state index in [1.165, 1.54) is 19.3 Å². The second-order valence-corrected chi connectivity index (χ2v) is 7.24. The maximum atomic E-state index is 11.9. The summed E-state index contributed by atoms with van der Waals surface area (Å²) in [5.41, 5.74) is 6.70. The number of hydrogen-bond donors (Lipinski definition) is 2. The predicted molar refractivity (Wildman–Crippen MR) is 88.9 cm³/mol. The number of halogens is 1. The lowest BCUT2D eigenvalue weighted by molar-refractivity contribution is -0.121. The van der Waals surface area contributed by atoms with Gasteiger partial charge in [-0.3, -0.25) is 4.79 Å². The van der Waals surface area contributed by atoms with Gasteiger partial charge in [0.25, 0.3) is 0 Å². The van der Waals surface area contributed by atoms with Crippen molar-refractivity contribution in [1.29, 1.82) is 0 Å². The number of carbonyl (C=O) groups excluding carboxylic acids is 1. The first-order valence-electron chi connectivity index (χ1n) is 7.12. The number of nitrogens with one attached hydrogen (secondary N) is 1. The molecule has 5 heteroatoms. The molecule has 1 aromatic rings. The SMILES string of the molecule is Nc1cc(Br)ccc1SCCC(=O)NC1CCCCC1. The van der Waals surface area contributed by atoms with Gasteiger partial charge in [-0.1, -0.05) is 35.2 Å². The molecule has 1 fully saturated rings. The quantitative estimate of drug-likeness (QED) is 0.619. The van der Waals surface area contributed by atoms with E-state index in [1.54, 1.807) is 11.8 Å². The van der Waals surface area contributed by atoms with Crippen molar-refractivity contribution in [2.75, 3.05) is 11.5 Å². The summed E-state index contributed by atoms with van der Waals surface area (Å²) in [4.78, 5) is 12.9. The minimum atomic E-state index is 0.167. The van der Waals surface area contributed by atoms with Crippen LogP contribution < -0.4 is 11.1 Å². The molecule has 0 spiro atoms. The minimum Gasteiger partial charge on any atom is -0.398 e. The maximum Gasteiger partial charge on any atom is 0.221 e. The highest BCUT2D eigenvalue weighted by Crippen LogP contribution is 2.28. The third-order valence-electron chi connectivity index (χ3n) is 3.53. The molecular formula is C15H21BrN2OS. The molecule has 1 aliphatic rings. The fraction of sp³-hybridized carbons (Fsp3) is 0.533. The Morgan fingerprint density at radius 3 is 2.80 bits per heavy atom. The number of anilines is 1. The summed E-state index contributed by atoms with van der Waals surface area (Å²) in [6.07, 6.45) is 6.63. The lowest BCUT2D eigenvalue weighted by atomic mass is 9.95. The van der Waals surface area contributed by atoms with Gasteiger partial charge in [-0.15, -0.1) is 11.8 Å². The largest absolute Gasteiger partial charge is 0.398 e. The van der Waals surface area contributed by atoms with Crippen LogP contribution in [0.2, 0.25) is 0 Å². The van der Waals surface area contributed by atoms with E-state index < -0.39 is 0 Å². The zero-order valence-corrected chi connectivity index (χ0v) is 13.9. The fourth-order valence-corrected chi connectivity index (χ4v) is 3.73. The summed E-state index contributed by atoms with van der Waals surface area (Å²) in [5, 5.41) is 3.14. The number of thioether (sulfide) groups is 1.